The van der Waals surface area contributed by atoms with E-state index in [1.165, 1.54) is 11.3 Å². The van der Waals surface area contributed by atoms with Crippen molar-refractivity contribution in [3.05, 3.63) is 76.0 Å². The highest BCUT2D eigenvalue weighted by Gasteiger charge is 2.17. The molecule has 1 N–H and O–H groups in total. The highest BCUT2D eigenvalue weighted by Crippen LogP contribution is 2.23. The fraction of sp³-hybridized carbons (Fsp3) is 0.190. The first-order chi connectivity index (χ1) is 14.1. The summed E-state index contributed by atoms with van der Waals surface area (Å²) in [7, 11) is 0. The van der Waals surface area contributed by atoms with Crippen molar-refractivity contribution in [3.8, 4) is 10.6 Å². The van der Waals surface area contributed by atoms with Crippen molar-refractivity contribution in [2.75, 3.05) is 6.54 Å². The SMILES string of the molecule is CCN(Cc1nc2ccccc2c(=O)[nH]1)C(=O)Cc1csc(-c2cccnc2)n1. The van der Waals surface area contributed by atoms with Crippen molar-refractivity contribution in [3.63, 3.8) is 0 Å². The van der Waals surface area contributed by atoms with E-state index in [-0.39, 0.29) is 24.4 Å². The monoisotopic (exact) mass is 405 g/mol. The summed E-state index contributed by atoms with van der Waals surface area (Å²) >= 11 is 1.49. The number of carbonyl (C=O) groups is 1. The molecule has 0 saturated carbocycles. The Hall–Kier alpha value is -3.39. The van der Waals surface area contributed by atoms with Crippen LogP contribution < -0.4 is 5.56 Å². The van der Waals surface area contributed by atoms with E-state index in [4.69, 9.17) is 0 Å². The lowest BCUT2D eigenvalue weighted by molar-refractivity contribution is -0.131. The van der Waals surface area contributed by atoms with Crippen LogP contribution in [0.15, 0.2) is 59.0 Å². The third-order valence-corrected chi connectivity index (χ3v) is 5.47. The second-order valence-corrected chi connectivity index (χ2v) is 7.36. The number of rotatable bonds is 6. The highest BCUT2D eigenvalue weighted by atomic mass is 32.1. The van der Waals surface area contributed by atoms with E-state index in [0.717, 1.165) is 16.3 Å². The molecule has 4 aromatic rings. The molecule has 0 atom stereocenters. The van der Waals surface area contributed by atoms with Crippen LogP contribution in [0.1, 0.15) is 18.4 Å². The molecule has 4 rings (SSSR count). The number of para-hydroxylation sites is 1. The summed E-state index contributed by atoms with van der Waals surface area (Å²) in [6, 6.07) is 11.0. The zero-order valence-corrected chi connectivity index (χ0v) is 16.6. The number of pyridine rings is 1. The van der Waals surface area contributed by atoms with Crippen LogP contribution in [-0.2, 0) is 17.8 Å². The molecule has 0 bridgehead atoms. The third-order valence-electron chi connectivity index (χ3n) is 4.53. The number of fused-ring (bicyclic) bond motifs is 1. The Labute approximate surface area is 171 Å². The van der Waals surface area contributed by atoms with E-state index < -0.39 is 0 Å². The first-order valence-corrected chi connectivity index (χ1v) is 10.1. The molecule has 1 aromatic carbocycles. The minimum atomic E-state index is -0.199. The number of benzene rings is 1. The number of hydrogen-bond donors (Lipinski definition) is 1. The van der Waals surface area contributed by atoms with Gasteiger partial charge in [0.15, 0.2) is 0 Å². The quantitative estimate of drug-likeness (QED) is 0.532. The van der Waals surface area contributed by atoms with Crippen molar-refractivity contribution in [2.24, 2.45) is 0 Å². The van der Waals surface area contributed by atoms with E-state index in [2.05, 4.69) is 19.9 Å². The fourth-order valence-electron chi connectivity index (χ4n) is 3.04. The van der Waals surface area contributed by atoms with Crippen LogP contribution in [0.5, 0.6) is 0 Å². The Balaban J connectivity index is 1.49. The second kappa shape index (κ2) is 8.32. The van der Waals surface area contributed by atoms with Crippen LogP contribution in [-0.4, -0.2) is 37.3 Å². The summed E-state index contributed by atoms with van der Waals surface area (Å²) < 4.78 is 0. The highest BCUT2D eigenvalue weighted by molar-refractivity contribution is 7.13. The average molecular weight is 405 g/mol. The third kappa shape index (κ3) is 4.22. The van der Waals surface area contributed by atoms with Gasteiger partial charge in [-0.15, -0.1) is 11.3 Å². The summed E-state index contributed by atoms with van der Waals surface area (Å²) in [5, 5.41) is 3.27. The van der Waals surface area contributed by atoms with Crippen molar-refractivity contribution in [2.45, 2.75) is 19.9 Å². The van der Waals surface area contributed by atoms with Crippen molar-refractivity contribution in [1.82, 2.24) is 24.8 Å². The number of aromatic nitrogens is 4. The molecule has 0 aliphatic carbocycles. The minimum absolute atomic E-state index is 0.0636. The van der Waals surface area contributed by atoms with Gasteiger partial charge in [-0.05, 0) is 31.2 Å². The van der Waals surface area contributed by atoms with E-state index >= 15 is 0 Å². The van der Waals surface area contributed by atoms with Crippen LogP contribution in [0, 0.1) is 0 Å². The molecule has 7 nitrogen and oxygen atoms in total. The molecule has 0 aliphatic rings. The lowest BCUT2D eigenvalue weighted by atomic mass is 10.2. The van der Waals surface area contributed by atoms with Gasteiger partial charge in [-0.1, -0.05) is 12.1 Å². The molecule has 0 spiro atoms. The molecule has 3 aromatic heterocycles. The van der Waals surface area contributed by atoms with E-state index in [0.29, 0.717) is 23.3 Å². The molecule has 29 heavy (non-hydrogen) atoms. The Kier molecular flexibility index (Phi) is 5.44. The van der Waals surface area contributed by atoms with Gasteiger partial charge in [0, 0.05) is 29.9 Å². The normalized spacial score (nSPS) is 10.9. The molecule has 0 unspecified atom stereocenters. The Morgan fingerprint density at radius 1 is 1.17 bits per heavy atom. The van der Waals surface area contributed by atoms with Gasteiger partial charge in [-0.3, -0.25) is 14.6 Å². The van der Waals surface area contributed by atoms with Crippen LogP contribution in [0.3, 0.4) is 0 Å². The number of hydrogen-bond acceptors (Lipinski definition) is 6. The number of thiazole rings is 1. The number of nitrogens with one attached hydrogen (secondary N) is 1. The van der Waals surface area contributed by atoms with Crippen LogP contribution >= 0.6 is 11.3 Å². The number of likely N-dealkylation sites (N-methyl/N-ethyl adjacent to an activating group) is 1. The molecule has 8 heteroatoms. The van der Waals surface area contributed by atoms with Gasteiger partial charge in [0.05, 0.1) is 29.6 Å². The molecule has 146 valence electrons. The Bertz CT molecular complexity index is 1200. The summed E-state index contributed by atoms with van der Waals surface area (Å²) in [6.07, 6.45) is 3.67. The molecular weight excluding hydrogens is 386 g/mol. The predicted octanol–water partition coefficient (Wildman–Crippen LogP) is 3.03. The lowest BCUT2D eigenvalue weighted by Gasteiger charge is -2.20. The molecule has 3 heterocycles. The largest absolute Gasteiger partial charge is 0.335 e. The number of H-pyrrole nitrogens is 1. The average Bonchev–Trinajstić information content (AvgIpc) is 3.21. The van der Waals surface area contributed by atoms with Crippen LogP contribution in [0.25, 0.3) is 21.5 Å². The Morgan fingerprint density at radius 2 is 2.03 bits per heavy atom. The van der Waals surface area contributed by atoms with Gasteiger partial charge in [-0.2, -0.15) is 0 Å². The maximum Gasteiger partial charge on any atom is 0.258 e. The topological polar surface area (TPSA) is 91.8 Å². The molecule has 0 saturated heterocycles. The smallest absolute Gasteiger partial charge is 0.258 e. The zero-order valence-electron chi connectivity index (χ0n) is 15.8. The second-order valence-electron chi connectivity index (χ2n) is 6.50. The molecule has 0 fully saturated rings. The van der Waals surface area contributed by atoms with Crippen molar-refractivity contribution < 1.29 is 4.79 Å². The summed E-state index contributed by atoms with van der Waals surface area (Å²) in [5.41, 5.74) is 2.07. The summed E-state index contributed by atoms with van der Waals surface area (Å²) in [6.45, 7) is 2.66. The fourth-order valence-corrected chi connectivity index (χ4v) is 3.85. The van der Waals surface area contributed by atoms with Crippen LogP contribution in [0.4, 0.5) is 0 Å². The number of nitrogens with zero attached hydrogens (tertiary/aromatic N) is 4. The molecule has 1 amide bonds. The summed E-state index contributed by atoms with van der Waals surface area (Å²) in [4.78, 5) is 42.6. The molecule has 0 aliphatic heterocycles. The van der Waals surface area contributed by atoms with E-state index in [9.17, 15) is 9.59 Å². The maximum atomic E-state index is 12.8. The number of carbonyl (C=O) groups excluding carboxylic acids is 1. The van der Waals surface area contributed by atoms with Crippen molar-refractivity contribution >= 4 is 28.1 Å². The van der Waals surface area contributed by atoms with Gasteiger partial charge in [0.25, 0.3) is 5.56 Å². The van der Waals surface area contributed by atoms with Gasteiger partial charge in [-0.25, -0.2) is 9.97 Å². The minimum Gasteiger partial charge on any atom is -0.335 e. The van der Waals surface area contributed by atoms with Gasteiger partial charge in [0.1, 0.15) is 10.8 Å². The first kappa shape index (κ1) is 18.9. The van der Waals surface area contributed by atoms with E-state index in [1.54, 1.807) is 35.5 Å². The number of amides is 1. The van der Waals surface area contributed by atoms with Gasteiger partial charge in [0.2, 0.25) is 5.91 Å². The van der Waals surface area contributed by atoms with Crippen LogP contribution in [0.2, 0.25) is 0 Å². The number of aromatic amines is 1. The van der Waals surface area contributed by atoms with E-state index in [1.807, 2.05) is 30.5 Å². The standard InChI is InChI=1S/C21H19N5O2S/c1-2-26(12-18-24-17-8-4-3-7-16(17)20(28)25-18)19(27)10-15-13-29-21(23-15)14-6-5-9-22-11-14/h3-9,11,13H,2,10,12H2,1H3,(H,24,25,28). The van der Waals surface area contributed by atoms with Gasteiger partial charge >= 0.3 is 0 Å². The van der Waals surface area contributed by atoms with Crippen molar-refractivity contribution in [1.29, 1.82) is 0 Å². The summed E-state index contributed by atoms with van der Waals surface area (Å²) in [5.74, 6) is 0.407. The predicted molar refractivity (Wildman–Crippen MR) is 113 cm³/mol. The maximum absolute atomic E-state index is 12.8. The lowest BCUT2D eigenvalue weighted by Crippen LogP contribution is -2.33. The zero-order chi connectivity index (χ0) is 20.2. The first-order valence-electron chi connectivity index (χ1n) is 9.24. The Morgan fingerprint density at radius 3 is 2.83 bits per heavy atom. The van der Waals surface area contributed by atoms with Gasteiger partial charge < -0.3 is 9.88 Å². The molecular formula is C21H19N5O2S. The molecule has 0 radical (unpaired) electrons.